The van der Waals surface area contributed by atoms with Crippen LogP contribution in [0.4, 0.5) is 0 Å². The van der Waals surface area contributed by atoms with Gasteiger partial charge in [0.15, 0.2) is 0 Å². The Balaban J connectivity index is 1.98. The minimum absolute atomic E-state index is 0.272. The molecule has 5 heteroatoms. The second-order valence-electron chi connectivity index (χ2n) is 4.21. The van der Waals surface area contributed by atoms with Crippen LogP contribution in [-0.4, -0.2) is 9.55 Å². The summed E-state index contributed by atoms with van der Waals surface area (Å²) in [5, 5.41) is 4.09. The summed E-state index contributed by atoms with van der Waals surface area (Å²) < 4.78 is 2.97. The predicted octanol–water partition coefficient (Wildman–Crippen LogP) is 3.69. The van der Waals surface area contributed by atoms with Gasteiger partial charge in [0.25, 0.3) is 0 Å². The molecule has 0 aliphatic carbocycles. The lowest BCUT2D eigenvalue weighted by molar-refractivity contribution is 0.549. The van der Waals surface area contributed by atoms with Crippen LogP contribution in [-0.2, 0) is 13.6 Å². The van der Waals surface area contributed by atoms with Crippen LogP contribution in [0.3, 0.4) is 0 Å². The molecule has 1 heterocycles. The van der Waals surface area contributed by atoms with Crippen molar-refractivity contribution >= 4 is 27.5 Å². The molecule has 96 valence electrons. The first-order valence-electron chi connectivity index (χ1n) is 5.73. The summed E-state index contributed by atoms with van der Waals surface area (Å²) in [4.78, 5) is 4.26. The molecule has 1 aromatic heterocycles. The van der Waals surface area contributed by atoms with Crippen molar-refractivity contribution in [2.24, 2.45) is 7.05 Å². The summed E-state index contributed by atoms with van der Waals surface area (Å²) in [6, 6.07) is 8.57. The lowest BCUT2D eigenvalue weighted by Gasteiger charge is -2.14. The SMILES string of the molecule is CC(NCc1ncc(Cl)n1C)c1ccc(Br)cc1. The van der Waals surface area contributed by atoms with Crippen molar-refractivity contribution in [1.82, 2.24) is 14.9 Å². The number of aromatic nitrogens is 2. The molecule has 0 aliphatic rings. The molecule has 1 unspecified atom stereocenters. The van der Waals surface area contributed by atoms with E-state index in [4.69, 9.17) is 11.6 Å². The zero-order chi connectivity index (χ0) is 13.1. The Bertz CT molecular complexity index is 522. The van der Waals surface area contributed by atoms with Crippen LogP contribution in [0, 0.1) is 0 Å². The summed E-state index contributed by atoms with van der Waals surface area (Å²) in [6.45, 7) is 2.83. The molecule has 0 amide bonds. The van der Waals surface area contributed by atoms with Crippen molar-refractivity contribution < 1.29 is 0 Å². The van der Waals surface area contributed by atoms with Crippen LogP contribution in [0.25, 0.3) is 0 Å². The summed E-state index contributed by atoms with van der Waals surface area (Å²) in [5.41, 5.74) is 1.25. The van der Waals surface area contributed by atoms with E-state index < -0.39 is 0 Å². The third kappa shape index (κ3) is 3.13. The molecule has 0 aliphatic heterocycles. The van der Waals surface area contributed by atoms with Gasteiger partial charge in [-0.05, 0) is 24.6 Å². The van der Waals surface area contributed by atoms with E-state index in [1.165, 1.54) is 5.56 Å². The van der Waals surface area contributed by atoms with Crippen LogP contribution in [0.1, 0.15) is 24.4 Å². The van der Waals surface area contributed by atoms with Gasteiger partial charge in [-0.25, -0.2) is 4.98 Å². The molecule has 1 atom stereocenters. The topological polar surface area (TPSA) is 29.9 Å². The first kappa shape index (κ1) is 13.6. The van der Waals surface area contributed by atoms with Gasteiger partial charge in [-0.15, -0.1) is 0 Å². The van der Waals surface area contributed by atoms with Crippen molar-refractivity contribution in [2.45, 2.75) is 19.5 Å². The van der Waals surface area contributed by atoms with Gasteiger partial charge in [0, 0.05) is 17.6 Å². The van der Waals surface area contributed by atoms with E-state index in [-0.39, 0.29) is 6.04 Å². The van der Waals surface area contributed by atoms with Crippen molar-refractivity contribution in [3.8, 4) is 0 Å². The molecule has 0 saturated carbocycles. The van der Waals surface area contributed by atoms with Crippen molar-refractivity contribution in [3.63, 3.8) is 0 Å². The van der Waals surface area contributed by atoms with Gasteiger partial charge in [-0.2, -0.15) is 0 Å². The molecule has 0 radical (unpaired) electrons. The molecule has 2 rings (SSSR count). The van der Waals surface area contributed by atoms with Gasteiger partial charge in [-0.3, -0.25) is 0 Å². The third-order valence-electron chi connectivity index (χ3n) is 2.96. The van der Waals surface area contributed by atoms with Crippen LogP contribution < -0.4 is 5.32 Å². The molecular formula is C13H15BrClN3. The van der Waals surface area contributed by atoms with Gasteiger partial charge in [-0.1, -0.05) is 39.7 Å². The molecular weight excluding hydrogens is 314 g/mol. The maximum atomic E-state index is 5.95. The number of nitrogens with one attached hydrogen (secondary N) is 1. The van der Waals surface area contributed by atoms with E-state index in [0.717, 1.165) is 10.3 Å². The highest BCUT2D eigenvalue weighted by atomic mass is 79.9. The molecule has 0 saturated heterocycles. The standard InChI is InChI=1S/C13H15BrClN3/c1-9(10-3-5-11(14)6-4-10)16-8-13-17-7-12(15)18(13)2/h3-7,9,16H,8H2,1-2H3. The number of hydrogen-bond acceptors (Lipinski definition) is 2. The van der Waals surface area contributed by atoms with E-state index in [1.54, 1.807) is 6.20 Å². The summed E-state index contributed by atoms with van der Waals surface area (Å²) in [6.07, 6.45) is 1.67. The van der Waals surface area contributed by atoms with E-state index in [9.17, 15) is 0 Å². The number of rotatable bonds is 4. The van der Waals surface area contributed by atoms with Gasteiger partial charge in [0.1, 0.15) is 11.0 Å². The molecule has 0 spiro atoms. The highest BCUT2D eigenvalue weighted by Crippen LogP contribution is 2.17. The molecule has 0 bridgehead atoms. The quantitative estimate of drug-likeness (QED) is 0.927. The van der Waals surface area contributed by atoms with Gasteiger partial charge in [0.05, 0.1) is 12.7 Å². The largest absolute Gasteiger partial charge is 0.321 e. The normalized spacial score (nSPS) is 12.7. The Labute approximate surface area is 120 Å². The van der Waals surface area contributed by atoms with Crippen molar-refractivity contribution in [1.29, 1.82) is 0 Å². The monoisotopic (exact) mass is 327 g/mol. The lowest BCUT2D eigenvalue weighted by atomic mass is 10.1. The predicted molar refractivity (Wildman–Crippen MR) is 77.6 cm³/mol. The fourth-order valence-electron chi connectivity index (χ4n) is 1.70. The minimum atomic E-state index is 0.272. The number of imidazole rings is 1. The van der Waals surface area contributed by atoms with Crippen LogP contribution in [0.5, 0.6) is 0 Å². The van der Waals surface area contributed by atoms with E-state index >= 15 is 0 Å². The molecule has 0 fully saturated rings. The zero-order valence-electron chi connectivity index (χ0n) is 10.3. The number of halogens is 2. The van der Waals surface area contributed by atoms with Crippen molar-refractivity contribution in [3.05, 3.63) is 51.5 Å². The second-order valence-corrected chi connectivity index (χ2v) is 5.51. The van der Waals surface area contributed by atoms with Crippen LogP contribution >= 0.6 is 27.5 Å². The molecule has 18 heavy (non-hydrogen) atoms. The molecule has 3 nitrogen and oxygen atoms in total. The smallest absolute Gasteiger partial charge is 0.128 e. The maximum absolute atomic E-state index is 5.95. The average molecular weight is 329 g/mol. The summed E-state index contributed by atoms with van der Waals surface area (Å²) in [7, 11) is 1.91. The lowest BCUT2D eigenvalue weighted by Crippen LogP contribution is -2.20. The Kier molecular flexibility index (Phi) is 4.43. The third-order valence-corrected chi connectivity index (χ3v) is 3.84. The van der Waals surface area contributed by atoms with Gasteiger partial charge >= 0.3 is 0 Å². The Morgan fingerprint density at radius 1 is 1.39 bits per heavy atom. The first-order chi connectivity index (χ1) is 8.58. The summed E-state index contributed by atoms with van der Waals surface area (Å²) >= 11 is 9.38. The number of hydrogen-bond donors (Lipinski definition) is 1. The van der Waals surface area contributed by atoms with Gasteiger partial charge in [0.2, 0.25) is 0 Å². The second kappa shape index (κ2) is 5.87. The van der Waals surface area contributed by atoms with Crippen molar-refractivity contribution in [2.75, 3.05) is 0 Å². The van der Waals surface area contributed by atoms with E-state index in [0.29, 0.717) is 11.7 Å². The highest BCUT2D eigenvalue weighted by molar-refractivity contribution is 9.10. The highest BCUT2D eigenvalue weighted by Gasteiger charge is 2.08. The Morgan fingerprint density at radius 3 is 2.61 bits per heavy atom. The number of nitrogens with zero attached hydrogens (tertiary/aromatic N) is 2. The van der Waals surface area contributed by atoms with Crippen LogP contribution in [0.2, 0.25) is 5.15 Å². The molecule has 1 aromatic carbocycles. The fraction of sp³-hybridized carbons (Fsp3) is 0.308. The van der Waals surface area contributed by atoms with Crippen LogP contribution in [0.15, 0.2) is 34.9 Å². The number of benzene rings is 1. The van der Waals surface area contributed by atoms with E-state index in [1.807, 2.05) is 23.7 Å². The zero-order valence-corrected chi connectivity index (χ0v) is 12.7. The minimum Gasteiger partial charge on any atom is -0.321 e. The maximum Gasteiger partial charge on any atom is 0.128 e. The first-order valence-corrected chi connectivity index (χ1v) is 6.90. The fourth-order valence-corrected chi connectivity index (χ4v) is 2.11. The van der Waals surface area contributed by atoms with E-state index in [2.05, 4.69) is 45.3 Å². The molecule has 1 N–H and O–H groups in total. The Hall–Kier alpha value is -0.840. The van der Waals surface area contributed by atoms with Gasteiger partial charge < -0.3 is 9.88 Å². The summed E-state index contributed by atoms with van der Waals surface area (Å²) in [5.74, 6) is 0.934. The Morgan fingerprint density at radius 2 is 2.06 bits per heavy atom. The molecule has 2 aromatic rings. The average Bonchev–Trinajstić information content (AvgIpc) is 2.68.